The van der Waals surface area contributed by atoms with E-state index in [0.717, 1.165) is 42.3 Å². The van der Waals surface area contributed by atoms with Crippen LogP contribution in [0.5, 0.6) is 0 Å². The van der Waals surface area contributed by atoms with Gasteiger partial charge in [-0.15, -0.1) is 11.6 Å². The molecule has 15 heavy (non-hydrogen) atoms. The molecule has 5 heteroatoms. The lowest BCUT2D eigenvalue weighted by atomic mass is 9.95. The summed E-state index contributed by atoms with van der Waals surface area (Å²) in [6.45, 7) is 4.16. The number of alkyl halides is 1. The molecule has 0 saturated carbocycles. The number of nitrogens with zero attached hydrogens (tertiary/aromatic N) is 3. The zero-order chi connectivity index (χ0) is 10.7. The molecule has 84 valence electrons. The molecule has 0 aliphatic carbocycles. The monoisotopic (exact) mass is 245 g/mol. The zero-order valence-corrected chi connectivity index (χ0v) is 10.5. The third kappa shape index (κ3) is 2.82. The molecule has 0 amide bonds. The Balaban J connectivity index is 1.88. The Kier molecular flexibility index (Phi) is 3.81. The zero-order valence-electron chi connectivity index (χ0n) is 8.95. The molecule has 1 aromatic heterocycles. The predicted molar refractivity (Wildman–Crippen MR) is 64.9 cm³/mol. The SMILES string of the molecule is Cc1nsc(N2CCC(CCCl)CC2)n1. The van der Waals surface area contributed by atoms with E-state index in [9.17, 15) is 0 Å². The molecule has 2 heterocycles. The lowest BCUT2D eigenvalue weighted by Gasteiger charge is -2.31. The molecule has 1 aromatic rings. The molecular formula is C10H16ClN3S. The van der Waals surface area contributed by atoms with Crippen molar-refractivity contribution in [2.24, 2.45) is 5.92 Å². The topological polar surface area (TPSA) is 29.0 Å². The van der Waals surface area contributed by atoms with Crippen LogP contribution in [0.1, 0.15) is 25.1 Å². The quantitative estimate of drug-likeness (QED) is 0.767. The van der Waals surface area contributed by atoms with Crippen molar-refractivity contribution < 1.29 is 0 Å². The van der Waals surface area contributed by atoms with Crippen LogP contribution >= 0.6 is 23.1 Å². The molecule has 0 aromatic carbocycles. The van der Waals surface area contributed by atoms with Crippen molar-refractivity contribution >= 4 is 28.3 Å². The lowest BCUT2D eigenvalue weighted by Crippen LogP contribution is -2.33. The van der Waals surface area contributed by atoms with E-state index >= 15 is 0 Å². The number of piperidine rings is 1. The van der Waals surface area contributed by atoms with Crippen LogP contribution in [-0.2, 0) is 0 Å². The number of anilines is 1. The maximum atomic E-state index is 5.76. The first-order valence-corrected chi connectivity index (χ1v) is 6.71. The summed E-state index contributed by atoms with van der Waals surface area (Å²) in [7, 11) is 0. The van der Waals surface area contributed by atoms with Gasteiger partial charge in [-0.3, -0.25) is 0 Å². The van der Waals surface area contributed by atoms with E-state index in [1.54, 1.807) is 0 Å². The Morgan fingerprint density at radius 2 is 2.20 bits per heavy atom. The highest BCUT2D eigenvalue weighted by Gasteiger charge is 2.20. The molecule has 1 fully saturated rings. The van der Waals surface area contributed by atoms with Gasteiger partial charge in [0, 0.05) is 30.5 Å². The van der Waals surface area contributed by atoms with Crippen LogP contribution in [0.3, 0.4) is 0 Å². The summed E-state index contributed by atoms with van der Waals surface area (Å²) in [5.41, 5.74) is 0. The van der Waals surface area contributed by atoms with Crippen molar-refractivity contribution in [3.05, 3.63) is 5.82 Å². The van der Waals surface area contributed by atoms with Crippen LogP contribution in [0.25, 0.3) is 0 Å². The summed E-state index contributed by atoms with van der Waals surface area (Å²) in [4.78, 5) is 6.76. The molecule has 3 nitrogen and oxygen atoms in total. The minimum atomic E-state index is 0.794. The molecule has 0 unspecified atom stereocenters. The van der Waals surface area contributed by atoms with Crippen LogP contribution < -0.4 is 4.90 Å². The van der Waals surface area contributed by atoms with Crippen LogP contribution in [0.15, 0.2) is 0 Å². The van der Waals surface area contributed by atoms with Crippen molar-refractivity contribution in [2.45, 2.75) is 26.2 Å². The minimum Gasteiger partial charge on any atom is -0.347 e. The Morgan fingerprint density at radius 3 is 2.73 bits per heavy atom. The van der Waals surface area contributed by atoms with Gasteiger partial charge in [0.2, 0.25) is 5.13 Å². The molecule has 0 atom stereocenters. The normalized spacial score (nSPS) is 18.4. The first kappa shape index (κ1) is 11.1. The minimum absolute atomic E-state index is 0.794. The van der Waals surface area contributed by atoms with Crippen molar-refractivity contribution in [2.75, 3.05) is 23.9 Å². The molecule has 0 N–H and O–H groups in total. The molecule has 1 saturated heterocycles. The van der Waals surface area contributed by atoms with Crippen molar-refractivity contribution in [1.82, 2.24) is 9.36 Å². The standard InChI is InChI=1S/C10H16ClN3S/c1-8-12-10(15-13-8)14-6-3-9(2-5-11)4-7-14/h9H,2-7H2,1H3. The van der Waals surface area contributed by atoms with Gasteiger partial charge >= 0.3 is 0 Å². The van der Waals surface area contributed by atoms with Gasteiger partial charge in [0.15, 0.2) is 0 Å². The fraction of sp³-hybridized carbons (Fsp3) is 0.800. The third-order valence-electron chi connectivity index (χ3n) is 2.92. The van der Waals surface area contributed by atoms with E-state index in [2.05, 4.69) is 14.3 Å². The van der Waals surface area contributed by atoms with Gasteiger partial charge < -0.3 is 4.90 Å². The fourth-order valence-electron chi connectivity index (χ4n) is 1.98. The predicted octanol–water partition coefficient (Wildman–Crippen LogP) is 2.69. The molecule has 2 rings (SSSR count). The first-order valence-electron chi connectivity index (χ1n) is 5.41. The molecule has 0 bridgehead atoms. The summed E-state index contributed by atoms with van der Waals surface area (Å²) < 4.78 is 4.21. The van der Waals surface area contributed by atoms with Crippen molar-refractivity contribution in [3.8, 4) is 0 Å². The van der Waals surface area contributed by atoms with Crippen LogP contribution in [-0.4, -0.2) is 28.3 Å². The number of hydrogen-bond donors (Lipinski definition) is 0. The van der Waals surface area contributed by atoms with Crippen molar-refractivity contribution in [1.29, 1.82) is 0 Å². The average molecular weight is 246 g/mol. The van der Waals surface area contributed by atoms with E-state index in [1.807, 2.05) is 6.92 Å². The Morgan fingerprint density at radius 1 is 1.47 bits per heavy atom. The second kappa shape index (κ2) is 5.12. The number of rotatable bonds is 3. The maximum absolute atomic E-state index is 5.76. The molecular weight excluding hydrogens is 230 g/mol. The summed E-state index contributed by atoms with van der Waals surface area (Å²) in [5, 5.41) is 1.08. The smallest absolute Gasteiger partial charge is 0.205 e. The Bertz CT molecular complexity index is 307. The second-order valence-corrected chi connectivity index (χ2v) is 5.14. The van der Waals surface area contributed by atoms with Gasteiger partial charge in [0.05, 0.1) is 0 Å². The molecule has 1 aliphatic heterocycles. The summed E-state index contributed by atoms with van der Waals surface area (Å²) in [5.74, 6) is 2.49. The Hall–Kier alpha value is -0.350. The van der Waals surface area contributed by atoms with Gasteiger partial charge in [-0.05, 0) is 32.1 Å². The van der Waals surface area contributed by atoms with E-state index in [1.165, 1.54) is 24.4 Å². The van der Waals surface area contributed by atoms with Gasteiger partial charge in [0.1, 0.15) is 5.82 Å². The number of hydrogen-bond acceptors (Lipinski definition) is 4. The lowest BCUT2D eigenvalue weighted by molar-refractivity contribution is 0.396. The van der Waals surface area contributed by atoms with Gasteiger partial charge in [-0.25, -0.2) is 4.98 Å². The number of aromatic nitrogens is 2. The van der Waals surface area contributed by atoms with E-state index in [4.69, 9.17) is 11.6 Å². The molecule has 0 radical (unpaired) electrons. The number of aryl methyl sites for hydroxylation is 1. The Labute approximate surface area is 99.6 Å². The van der Waals surface area contributed by atoms with Crippen LogP contribution in [0.4, 0.5) is 5.13 Å². The highest BCUT2D eigenvalue weighted by Crippen LogP contribution is 2.26. The van der Waals surface area contributed by atoms with Gasteiger partial charge in [-0.2, -0.15) is 4.37 Å². The summed E-state index contributed by atoms with van der Waals surface area (Å²) in [6, 6.07) is 0. The summed E-state index contributed by atoms with van der Waals surface area (Å²) in [6.07, 6.45) is 3.64. The summed E-state index contributed by atoms with van der Waals surface area (Å²) >= 11 is 7.27. The largest absolute Gasteiger partial charge is 0.347 e. The maximum Gasteiger partial charge on any atom is 0.205 e. The second-order valence-electron chi connectivity index (χ2n) is 4.03. The van der Waals surface area contributed by atoms with Crippen LogP contribution in [0.2, 0.25) is 0 Å². The van der Waals surface area contributed by atoms with Gasteiger partial charge in [0.25, 0.3) is 0 Å². The van der Waals surface area contributed by atoms with E-state index < -0.39 is 0 Å². The highest BCUT2D eigenvalue weighted by molar-refractivity contribution is 7.09. The molecule has 0 spiro atoms. The van der Waals surface area contributed by atoms with Gasteiger partial charge in [-0.1, -0.05) is 0 Å². The fourth-order valence-corrected chi connectivity index (χ4v) is 3.02. The molecule has 1 aliphatic rings. The third-order valence-corrected chi connectivity index (χ3v) is 4.01. The van der Waals surface area contributed by atoms with Crippen LogP contribution in [0, 0.1) is 12.8 Å². The average Bonchev–Trinajstić information content (AvgIpc) is 2.67. The van der Waals surface area contributed by atoms with E-state index in [0.29, 0.717) is 0 Å². The first-order chi connectivity index (χ1) is 7.29. The van der Waals surface area contributed by atoms with Crippen molar-refractivity contribution in [3.63, 3.8) is 0 Å². The highest BCUT2D eigenvalue weighted by atomic mass is 35.5. The number of halogens is 1. The van der Waals surface area contributed by atoms with E-state index in [-0.39, 0.29) is 0 Å².